The summed E-state index contributed by atoms with van der Waals surface area (Å²) in [6, 6.07) is 13.6. The number of halogens is 9. The fraction of sp³-hybridized carbons (Fsp3) is 0.438. The predicted molar refractivity (Wildman–Crippen MR) is 488 cm³/mol. The number of carbonyl (C=O) groups is 5. The van der Waals surface area contributed by atoms with E-state index in [-0.39, 0.29) is 85.2 Å². The van der Waals surface area contributed by atoms with Crippen LogP contribution in [0.4, 0.5) is 45.2 Å². The molecule has 0 bridgehead atoms. The molecule has 2 aliphatic carbocycles. The van der Waals surface area contributed by atoms with Gasteiger partial charge in [0.15, 0.2) is 37.1 Å². The summed E-state index contributed by atoms with van der Waals surface area (Å²) in [4.78, 5) is 67.1. The number of carboxylic acids is 1. The van der Waals surface area contributed by atoms with E-state index in [1.807, 2.05) is 142 Å². The lowest BCUT2D eigenvalue weighted by Crippen LogP contribution is -2.48. The highest BCUT2D eigenvalue weighted by atomic mass is 19.4. The Morgan fingerprint density at radius 2 is 1.00 bits per heavy atom. The molecule has 1 saturated heterocycles. The normalized spacial score (nSPS) is 15.2. The first-order chi connectivity index (χ1) is 64.3. The van der Waals surface area contributed by atoms with Crippen LogP contribution in [0.1, 0.15) is 203 Å². The molecule has 4 N–H and O–H groups in total. The third-order valence-corrected chi connectivity index (χ3v) is 22.5. The molecule has 12 aromatic rings. The number of nitrogens with one attached hydrogen (secondary N) is 2. The number of aliphatic hydroxyl groups is 1. The minimum Gasteiger partial charge on any atom is -0.478 e. The van der Waals surface area contributed by atoms with E-state index in [0.29, 0.717) is 67.1 Å². The summed E-state index contributed by atoms with van der Waals surface area (Å²) >= 11 is 0. The number of esters is 3. The number of aromatic amines is 1. The molecule has 1 aliphatic heterocycles. The first kappa shape index (κ1) is 106. The molecule has 136 heavy (non-hydrogen) atoms. The van der Waals surface area contributed by atoms with Crippen molar-refractivity contribution < 1.29 is 102 Å². The zero-order valence-corrected chi connectivity index (χ0v) is 78.1. The number of non-ortho nitro benzene ring substituents is 1. The molecule has 10 heterocycles. The van der Waals surface area contributed by atoms with Gasteiger partial charge in [-0.1, -0.05) is 62.1 Å². The number of fused-ring (bicyclic) bond motifs is 3. The molecule has 4 atom stereocenters. The second-order valence-electron chi connectivity index (χ2n) is 35.5. The van der Waals surface area contributed by atoms with Crippen LogP contribution in [-0.4, -0.2) is 153 Å². The highest BCUT2D eigenvalue weighted by molar-refractivity contribution is 5.94. The number of carboxylic acid groups (broad SMARTS) is 1. The number of nitro groups is 1. The third-order valence-electron chi connectivity index (χ3n) is 22.5. The fourth-order valence-corrected chi connectivity index (χ4v) is 15.5. The van der Waals surface area contributed by atoms with Gasteiger partial charge in [0.1, 0.15) is 18.1 Å². The van der Waals surface area contributed by atoms with Crippen LogP contribution < -0.4 is 5.32 Å². The van der Waals surface area contributed by atoms with Gasteiger partial charge in [-0.05, 0) is 212 Å². The number of aliphatic hydroxyl groups excluding tert-OH is 1. The summed E-state index contributed by atoms with van der Waals surface area (Å²) in [6.45, 7) is 26.6. The Bertz CT molecular complexity index is 5960. The first-order valence-electron chi connectivity index (χ1n) is 43.9. The van der Waals surface area contributed by atoms with Gasteiger partial charge in [0.25, 0.3) is 5.69 Å². The standard InChI is InChI=1S/C23H29N5O3.C22H20F9NO.C19H25N5O3.C15H17N5O2.C9H14.C7H5NO4.CH4O/c1-23(2,3)22(30)31-15-27-10-8-18-19(13-24-26-21(18)27)17-12-25-28(14-17)20(9-11-29)16-6-4-5-7-16;1-12-6-13(8-15(7-12)20(23,24)25)19(33-2,18-4-3-5-32-18)14-9-16(21(26,27)28)11-17(10-14)22(29,30)31;1-6-26-13(2)24-11-14(9-21-24)16-10-20-22-17-15(16)7-8-23(17)12-27-18(25)19(3,4)5;1-15(2,3)14(21)22-9-20-5-4-11-12(8-18-19-13(11)20)10-6-16-17-7-10;1-2-3-6-9-7-4-5-8-9;9-7(10)5-1-3-6(4-2-5)8(11)12;1-2/h8,10-14,16,20H,4-7,9,15H2,1-3H3;6-11,18,32H,3-5H2,1-2H3;7-11,13H,6,12H2,1-5H3;4-8H,9H2,1-3H3,(H,16,17);2-3,6,9H,1,4-5,7-8H2;1-4H,(H,9,10);2H,1H3/b;;;;6-3+;;/t20-;18-,19?;;;;;/m11...../s1. The maximum Gasteiger partial charge on any atom is 0.416 e. The van der Waals surface area contributed by atoms with Crippen LogP contribution in [0.5, 0.6) is 0 Å². The lowest BCUT2D eigenvalue weighted by atomic mass is 9.77. The quantitative estimate of drug-likeness (QED) is 0.00830. The Labute approximate surface area is 779 Å². The number of aromatic carboxylic acids is 1. The number of aldehydes is 1. The van der Waals surface area contributed by atoms with Crippen molar-refractivity contribution in [3.63, 3.8) is 0 Å². The predicted octanol–water partition coefficient (Wildman–Crippen LogP) is 20.4. The molecule has 31 nitrogen and oxygen atoms in total. The van der Waals surface area contributed by atoms with Gasteiger partial charge in [-0.25, -0.2) is 9.48 Å². The van der Waals surface area contributed by atoms with Crippen molar-refractivity contribution in [2.75, 3.05) is 27.4 Å². The number of carbonyl (C=O) groups excluding carboxylic acids is 4. The summed E-state index contributed by atoms with van der Waals surface area (Å²) in [5.41, 5.74) is -1.08. The van der Waals surface area contributed by atoms with Gasteiger partial charge in [0.2, 0.25) is 0 Å². The molecule has 2 saturated carbocycles. The van der Waals surface area contributed by atoms with Crippen molar-refractivity contribution in [3.05, 3.63) is 227 Å². The number of hydrogen-bond donors (Lipinski definition) is 4. The smallest absolute Gasteiger partial charge is 0.416 e. The van der Waals surface area contributed by atoms with E-state index in [1.165, 1.54) is 63.6 Å². The molecule has 730 valence electrons. The Hall–Kier alpha value is -13.2. The number of methoxy groups -OCH3 is 1. The maximum absolute atomic E-state index is 13.5. The number of ether oxygens (including phenoxy) is 5. The topological polar surface area (TPSA) is 384 Å². The van der Waals surface area contributed by atoms with E-state index >= 15 is 0 Å². The second kappa shape index (κ2) is 46.8. The minimum absolute atomic E-state index is 0.0244. The monoisotopic (exact) mass is 1900 g/mol. The Morgan fingerprint density at radius 3 is 1.39 bits per heavy atom. The molecule has 40 heteroatoms. The Morgan fingerprint density at radius 1 is 0.581 bits per heavy atom. The van der Waals surface area contributed by atoms with E-state index in [9.17, 15) is 73.6 Å². The average Bonchev–Trinajstić information content (AvgIpc) is 1.25. The number of aryl methyl sites for hydroxylation is 1. The van der Waals surface area contributed by atoms with Gasteiger partial charge in [0, 0.05) is 132 Å². The molecule has 3 fully saturated rings. The number of benzene rings is 3. The van der Waals surface area contributed by atoms with E-state index in [4.69, 9.17) is 33.9 Å². The van der Waals surface area contributed by atoms with Crippen LogP contribution in [-0.2, 0) is 87.2 Å². The highest BCUT2D eigenvalue weighted by Crippen LogP contribution is 2.47. The lowest BCUT2D eigenvalue weighted by Gasteiger charge is -2.40. The maximum atomic E-state index is 13.5. The van der Waals surface area contributed by atoms with Gasteiger partial charge >= 0.3 is 42.4 Å². The third kappa shape index (κ3) is 27.8. The van der Waals surface area contributed by atoms with E-state index in [1.54, 1.807) is 55.6 Å². The molecule has 15 rings (SSSR count). The zero-order valence-electron chi connectivity index (χ0n) is 78.1. The molecule has 0 amide bonds. The van der Waals surface area contributed by atoms with Crippen LogP contribution >= 0.6 is 0 Å². The number of nitro benzene ring substituents is 1. The number of aromatic nitrogens is 15. The molecule has 2 unspecified atom stereocenters. The van der Waals surface area contributed by atoms with Crippen LogP contribution in [0.2, 0.25) is 0 Å². The Kier molecular flexibility index (Phi) is 36.7. The van der Waals surface area contributed by atoms with Crippen LogP contribution in [0, 0.1) is 45.1 Å². The number of nitrogens with zero attached hydrogens (tertiary/aromatic N) is 15. The van der Waals surface area contributed by atoms with Gasteiger partial charge in [-0.15, -0.1) is 15.3 Å². The molecule has 0 spiro atoms. The second-order valence-corrected chi connectivity index (χ2v) is 35.5. The van der Waals surface area contributed by atoms with Gasteiger partial charge in [0.05, 0.1) is 86.6 Å². The van der Waals surface area contributed by atoms with E-state index < -0.39 is 79.6 Å². The summed E-state index contributed by atoms with van der Waals surface area (Å²) < 4.78 is 158. The summed E-state index contributed by atoms with van der Waals surface area (Å²) in [6.07, 6.45) is 25.3. The van der Waals surface area contributed by atoms with Crippen LogP contribution in [0.15, 0.2) is 178 Å². The molecule has 3 aromatic carbocycles. The van der Waals surface area contributed by atoms with Crippen molar-refractivity contribution in [2.45, 2.75) is 216 Å². The lowest BCUT2D eigenvalue weighted by molar-refractivity contribution is -0.384. The van der Waals surface area contributed by atoms with Gasteiger partial charge < -0.3 is 44.0 Å². The molecular formula is C96H114F9N17O14. The van der Waals surface area contributed by atoms with E-state index in [0.717, 1.165) is 107 Å². The van der Waals surface area contributed by atoms with Gasteiger partial charge in [-0.2, -0.15) is 70.1 Å². The Balaban J connectivity index is 0.000000189. The van der Waals surface area contributed by atoms with Crippen molar-refractivity contribution in [3.8, 4) is 33.4 Å². The highest BCUT2D eigenvalue weighted by Gasteiger charge is 2.48. The summed E-state index contributed by atoms with van der Waals surface area (Å²) in [5.74, 6) is -0.527. The van der Waals surface area contributed by atoms with E-state index in [2.05, 4.69) is 75.0 Å². The molecule has 9 aromatic heterocycles. The number of allylic oxidation sites excluding steroid dienone is 3. The number of alkyl halides is 9. The fourth-order valence-electron chi connectivity index (χ4n) is 15.5. The number of H-pyrrole nitrogens is 1. The molecular weight excluding hydrogens is 1790 g/mol. The van der Waals surface area contributed by atoms with Crippen molar-refractivity contribution >= 4 is 69.0 Å². The summed E-state index contributed by atoms with van der Waals surface area (Å²) in [7, 11) is 2.06. The van der Waals surface area contributed by atoms with Crippen LogP contribution in [0.3, 0.4) is 0 Å². The minimum atomic E-state index is -5.12. The van der Waals surface area contributed by atoms with Gasteiger partial charge in [-0.3, -0.25) is 48.0 Å². The molecule has 0 radical (unpaired) electrons. The van der Waals surface area contributed by atoms with Crippen molar-refractivity contribution in [1.82, 2.24) is 79.4 Å². The zero-order chi connectivity index (χ0) is 99.8. The number of rotatable bonds is 24. The largest absolute Gasteiger partial charge is 0.478 e. The SMILES string of the molecule is C=C/C=C/C1CCCC1.CC(C)(C)C(=O)OCn1ccc2c(-c3cn[nH]c3)cnnc21.CC(C)(C)C(=O)OCn1ccc2c(-c3cnn([C@H](CC=O)C4CCCC4)c3)cnnc21.CCOC(C)n1cc(-c2cnnc3c2ccn3COC(=O)C(C)(C)C)cn1.CO.COC(c1cc(C)cc(C(F)(F)F)c1)(c1cc(C(F)(F)F)cc(C(F)(F)F)c1)[C@H]1CCCN1.O=C(O)c1ccc([N+](=O)[O-])cc1. The average molecular weight is 1900 g/mol. The van der Waals surface area contributed by atoms with Crippen molar-refractivity contribution in [1.29, 1.82) is 0 Å². The first-order valence-corrected chi connectivity index (χ1v) is 43.9. The molecule has 3 aliphatic rings. The van der Waals surface area contributed by atoms with Crippen molar-refractivity contribution in [2.24, 2.45) is 28.1 Å². The summed E-state index contributed by atoms with van der Waals surface area (Å²) in [5, 5.41) is 71.9. The number of hydrogen-bond acceptors (Lipinski definition) is 23. The van der Waals surface area contributed by atoms with Crippen LogP contribution in [0.25, 0.3) is 66.5 Å².